The van der Waals surface area contributed by atoms with Crippen LogP contribution >= 0.6 is 0 Å². The number of nitrogens with one attached hydrogen (secondary N) is 1. The van der Waals surface area contributed by atoms with Crippen LogP contribution in [-0.4, -0.2) is 61.8 Å². The average Bonchev–Trinajstić information content (AvgIpc) is 3.03. The molecule has 1 N–H and O–H groups in total. The van der Waals surface area contributed by atoms with Crippen LogP contribution in [0.1, 0.15) is 22.1 Å². The van der Waals surface area contributed by atoms with Gasteiger partial charge in [0, 0.05) is 47.0 Å². The Bertz CT molecular complexity index is 955. The van der Waals surface area contributed by atoms with E-state index in [4.69, 9.17) is 0 Å². The second-order valence-corrected chi connectivity index (χ2v) is 8.65. The Hall–Kier alpha value is -2.23. The van der Waals surface area contributed by atoms with Crippen LogP contribution in [0.15, 0.2) is 41.4 Å². The molecule has 1 unspecified atom stereocenters. The number of aryl methyl sites for hydroxylation is 1. The topological polar surface area (TPSA) is 74.7 Å². The molecule has 0 saturated carbocycles. The normalized spacial score (nSPS) is 18.4. The first-order valence-electron chi connectivity index (χ1n) is 8.58. The molecular formula is C18H23FN4O3S. The van der Waals surface area contributed by atoms with E-state index in [1.54, 1.807) is 33.3 Å². The van der Waals surface area contributed by atoms with E-state index in [1.807, 2.05) is 0 Å². The lowest BCUT2D eigenvalue weighted by Crippen LogP contribution is -2.48. The molecule has 1 aromatic heterocycles. The largest absolute Gasteiger partial charge is 0.345 e. The predicted molar refractivity (Wildman–Crippen MR) is 99.3 cm³/mol. The van der Waals surface area contributed by atoms with Crippen molar-refractivity contribution in [1.29, 1.82) is 0 Å². The van der Waals surface area contributed by atoms with Gasteiger partial charge in [-0.15, -0.1) is 0 Å². The second kappa shape index (κ2) is 7.41. The van der Waals surface area contributed by atoms with Gasteiger partial charge < -0.3 is 14.8 Å². The first-order valence-corrected chi connectivity index (χ1v) is 10.0. The molecule has 3 rings (SSSR count). The summed E-state index contributed by atoms with van der Waals surface area (Å²) in [6.45, 7) is 1.15. The zero-order valence-electron chi connectivity index (χ0n) is 15.5. The van der Waals surface area contributed by atoms with Crippen LogP contribution in [-0.2, 0) is 17.1 Å². The number of nitrogens with zero attached hydrogens (tertiary/aromatic N) is 3. The summed E-state index contributed by atoms with van der Waals surface area (Å²) < 4.78 is 43.1. The molecule has 0 spiro atoms. The number of amides is 1. The van der Waals surface area contributed by atoms with Crippen molar-refractivity contribution in [3.05, 3.63) is 53.6 Å². The molecule has 1 saturated heterocycles. The molecule has 7 nitrogen and oxygen atoms in total. The predicted octanol–water partition coefficient (Wildman–Crippen LogP) is 1.20. The summed E-state index contributed by atoms with van der Waals surface area (Å²) in [5.74, 6) is -0.685. The van der Waals surface area contributed by atoms with E-state index in [9.17, 15) is 17.6 Å². The van der Waals surface area contributed by atoms with Crippen LogP contribution in [0.4, 0.5) is 4.39 Å². The number of hydrogen-bond donors (Lipinski definition) is 1. The van der Waals surface area contributed by atoms with Crippen LogP contribution < -0.4 is 5.32 Å². The van der Waals surface area contributed by atoms with E-state index in [1.165, 1.54) is 38.2 Å². The third-order valence-electron chi connectivity index (χ3n) is 4.64. The number of benzene rings is 1. The van der Waals surface area contributed by atoms with Gasteiger partial charge in [-0.1, -0.05) is 12.1 Å². The molecule has 1 aliphatic rings. The molecule has 1 fully saturated rings. The number of rotatable bonds is 4. The summed E-state index contributed by atoms with van der Waals surface area (Å²) in [6, 6.07) is 6.84. The van der Waals surface area contributed by atoms with Gasteiger partial charge in [-0.3, -0.25) is 4.79 Å². The van der Waals surface area contributed by atoms with Crippen LogP contribution in [0.2, 0.25) is 0 Å². The Labute approximate surface area is 158 Å². The molecular weight excluding hydrogens is 371 g/mol. The fourth-order valence-corrected chi connectivity index (χ4v) is 4.91. The Morgan fingerprint density at radius 1 is 1.30 bits per heavy atom. The molecule has 1 aromatic carbocycles. The van der Waals surface area contributed by atoms with Crippen LogP contribution in [0, 0.1) is 5.82 Å². The summed E-state index contributed by atoms with van der Waals surface area (Å²) in [4.78, 5) is 13.7. The minimum atomic E-state index is -3.85. The summed E-state index contributed by atoms with van der Waals surface area (Å²) in [7, 11) is 1.00. The van der Waals surface area contributed by atoms with Gasteiger partial charge in [-0.2, -0.15) is 4.31 Å². The lowest BCUT2D eigenvalue weighted by molar-refractivity contribution is 0.0818. The molecule has 0 bridgehead atoms. The van der Waals surface area contributed by atoms with E-state index < -0.39 is 21.9 Å². The number of halogens is 1. The van der Waals surface area contributed by atoms with Crippen LogP contribution in [0.5, 0.6) is 0 Å². The molecule has 146 valence electrons. The number of carbonyl (C=O) groups is 1. The van der Waals surface area contributed by atoms with Gasteiger partial charge in [0.2, 0.25) is 10.0 Å². The molecule has 1 amide bonds. The lowest BCUT2D eigenvalue weighted by atomic mass is 10.1. The number of piperazine rings is 1. The Morgan fingerprint density at radius 3 is 2.70 bits per heavy atom. The van der Waals surface area contributed by atoms with Crippen LogP contribution in [0.25, 0.3) is 0 Å². The molecule has 1 atom stereocenters. The van der Waals surface area contributed by atoms with Gasteiger partial charge >= 0.3 is 0 Å². The van der Waals surface area contributed by atoms with Crippen molar-refractivity contribution in [2.45, 2.75) is 10.9 Å². The standard InChI is InChI=1S/C18H23FN4O3S/c1-21(2)18(24)16-10-15(12-22(16)3)27(25,26)23-8-7-20-11-17(23)13-5-4-6-14(19)9-13/h4-6,9-10,12,17,20H,7-8,11H2,1-3H3. The third kappa shape index (κ3) is 3.76. The van der Waals surface area contributed by atoms with Crippen molar-refractivity contribution in [1.82, 2.24) is 19.1 Å². The Morgan fingerprint density at radius 2 is 2.04 bits per heavy atom. The van der Waals surface area contributed by atoms with Crippen molar-refractivity contribution < 1.29 is 17.6 Å². The first kappa shape index (κ1) is 19.5. The van der Waals surface area contributed by atoms with Crippen molar-refractivity contribution in [3.8, 4) is 0 Å². The van der Waals surface area contributed by atoms with E-state index in [0.29, 0.717) is 18.7 Å². The molecule has 0 radical (unpaired) electrons. The SMILES string of the molecule is CN(C)C(=O)c1cc(S(=O)(=O)N2CCNCC2c2cccc(F)c2)cn1C. The van der Waals surface area contributed by atoms with Gasteiger partial charge in [-0.25, -0.2) is 12.8 Å². The summed E-state index contributed by atoms with van der Waals surface area (Å²) >= 11 is 0. The third-order valence-corrected chi connectivity index (χ3v) is 6.51. The highest BCUT2D eigenvalue weighted by atomic mass is 32.2. The van der Waals surface area contributed by atoms with Crippen molar-refractivity contribution >= 4 is 15.9 Å². The second-order valence-electron chi connectivity index (χ2n) is 6.76. The number of aromatic nitrogens is 1. The van der Waals surface area contributed by atoms with E-state index in [0.717, 1.165) is 0 Å². The molecule has 2 aromatic rings. The maximum Gasteiger partial charge on any atom is 0.269 e. The molecule has 9 heteroatoms. The highest BCUT2D eigenvalue weighted by Gasteiger charge is 2.35. The van der Waals surface area contributed by atoms with Crippen LogP contribution in [0.3, 0.4) is 0 Å². The van der Waals surface area contributed by atoms with Gasteiger partial charge in [0.1, 0.15) is 16.4 Å². The van der Waals surface area contributed by atoms with E-state index >= 15 is 0 Å². The van der Waals surface area contributed by atoms with Gasteiger partial charge in [-0.05, 0) is 23.8 Å². The first-order chi connectivity index (χ1) is 12.7. The van der Waals surface area contributed by atoms with Crippen molar-refractivity contribution in [3.63, 3.8) is 0 Å². The molecule has 0 aliphatic carbocycles. The maximum atomic E-state index is 13.7. The highest BCUT2D eigenvalue weighted by Crippen LogP contribution is 2.30. The van der Waals surface area contributed by atoms with Gasteiger partial charge in [0.15, 0.2) is 0 Å². The monoisotopic (exact) mass is 394 g/mol. The zero-order chi connectivity index (χ0) is 19.8. The molecule has 2 heterocycles. The highest BCUT2D eigenvalue weighted by molar-refractivity contribution is 7.89. The maximum absolute atomic E-state index is 13.7. The summed E-state index contributed by atoms with van der Waals surface area (Å²) in [5.41, 5.74) is 0.877. The smallest absolute Gasteiger partial charge is 0.269 e. The molecule has 1 aliphatic heterocycles. The minimum absolute atomic E-state index is 0.0542. The number of carbonyl (C=O) groups excluding carboxylic acids is 1. The zero-order valence-corrected chi connectivity index (χ0v) is 16.3. The summed E-state index contributed by atoms with van der Waals surface area (Å²) in [5, 5.41) is 3.16. The Kier molecular flexibility index (Phi) is 5.36. The van der Waals surface area contributed by atoms with E-state index in [-0.39, 0.29) is 23.0 Å². The van der Waals surface area contributed by atoms with E-state index in [2.05, 4.69) is 5.32 Å². The average molecular weight is 394 g/mol. The quantitative estimate of drug-likeness (QED) is 0.846. The number of sulfonamides is 1. The minimum Gasteiger partial charge on any atom is -0.345 e. The van der Waals surface area contributed by atoms with Crippen molar-refractivity contribution in [2.24, 2.45) is 7.05 Å². The lowest BCUT2D eigenvalue weighted by Gasteiger charge is -2.35. The summed E-state index contributed by atoms with van der Waals surface area (Å²) in [6.07, 6.45) is 1.44. The van der Waals surface area contributed by atoms with Gasteiger partial charge in [0.25, 0.3) is 5.91 Å². The fraction of sp³-hybridized carbons (Fsp3) is 0.389. The number of hydrogen-bond acceptors (Lipinski definition) is 4. The Balaban J connectivity index is 2.00. The fourth-order valence-electron chi connectivity index (χ4n) is 3.22. The van der Waals surface area contributed by atoms with Crippen molar-refractivity contribution in [2.75, 3.05) is 33.7 Å². The molecule has 27 heavy (non-hydrogen) atoms. The van der Waals surface area contributed by atoms with Gasteiger partial charge in [0.05, 0.1) is 6.04 Å².